The normalized spacial score (nSPS) is 11.9. The Kier molecular flexibility index (Phi) is 5.89. The third-order valence-corrected chi connectivity index (χ3v) is 2.47. The zero-order chi connectivity index (χ0) is 15.0. The molecule has 7 heteroatoms. The van der Waals surface area contributed by atoms with Crippen molar-refractivity contribution in [2.75, 3.05) is 6.54 Å². The number of oxime groups is 1. The Hall–Kier alpha value is -2.70. The van der Waals surface area contributed by atoms with Crippen LogP contribution in [0, 0.1) is 0 Å². The van der Waals surface area contributed by atoms with Gasteiger partial charge in [-0.2, -0.15) is 5.10 Å². The van der Waals surface area contributed by atoms with E-state index in [4.69, 9.17) is 5.21 Å². The SMILES string of the molecule is CC(=N\O)/C(C)=N/NC(=O)CNC(=O)c1ccccc1. The van der Waals surface area contributed by atoms with Gasteiger partial charge in [-0.05, 0) is 26.0 Å². The van der Waals surface area contributed by atoms with Crippen molar-refractivity contribution in [3.8, 4) is 0 Å². The molecular formula is C13H16N4O3. The van der Waals surface area contributed by atoms with Crippen LogP contribution in [0.3, 0.4) is 0 Å². The van der Waals surface area contributed by atoms with Gasteiger partial charge in [-0.25, -0.2) is 5.43 Å². The number of carbonyl (C=O) groups is 2. The molecule has 0 atom stereocenters. The lowest BCUT2D eigenvalue weighted by molar-refractivity contribution is -0.120. The summed E-state index contributed by atoms with van der Waals surface area (Å²) in [5.41, 5.74) is 3.38. The minimum atomic E-state index is -0.473. The maximum Gasteiger partial charge on any atom is 0.259 e. The highest BCUT2D eigenvalue weighted by Crippen LogP contribution is 1.97. The van der Waals surface area contributed by atoms with E-state index in [1.807, 2.05) is 0 Å². The van der Waals surface area contributed by atoms with Crippen molar-refractivity contribution in [1.29, 1.82) is 0 Å². The van der Waals surface area contributed by atoms with Crippen LogP contribution in [0.1, 0.15) is 24.2 Å². The quantitative estimate of drug-likeness (QED) is 0.420. The number of hydrogen-bond donors (Lipinski definition) is 3. The molecule has 2 amide bonds. The second-order valence-electron chi connectivity index (χ2n) is 3.97. The minimum absolute atomic E-state index is 0.195. The van der Waals surface area contributed by atoms with E-state index in [0.717, 1.165) is 0 Å². The maximum atomic E-state index is 11.7. The Morgan fingerprint density at radius 2 is 1.80 bits per heavy atom. The van der Waals surface area contributed by atoms with Crippen molar-refractivity contribution in [3.63, 3.8) is 0 Å². The highest BCUT2D eigenvalue weighted by atomic mass is 16.4. The molecule has 20 heavy (non-hydrogen) atoms. The predicted molar refractivity (Wildman–Crippen MR) is 74.9 cm³/mol. The first-order valence-electron chi connectivity index (χ1n) is 5.90. The molecule has 106 valence electrons. The van der Waals surface area contributed by atoms with Crippen LogP contribution in [0.2, 0.25) is 0 Å². The molecule has 3 N–H and O–H groups in total. The van der Waals surface area contributed by atoms with Crippen molar-refractivity contribution in [3.05, 3.63) is 35.9 Å². The van der Waals surface area contributed by atoms with Gasteiger partial charge in [0, 0.05) is 5.56 Å². The summed E-state index contributed by atoms with van der Waals surface area (Å²) in [4.78, 5) is 23.1. The fourth-order valence-corrected chi connectivity index (χ4v) is 1.19. The van der Waals surface area contributed by atoms with Crippen LogP contribution in [0.5, 0.6) is 0 Å². The van der Waals surface area contributed by atoms with Gasteiger partial charge in [-0.15, -0.1) is 0 Å². The first kappa shape index (κ1) is 15.4. The van der Waals surface area contributed by atoms with Gasteiger partial charge >= 0.3 is 0 Å². The van der Waals surface area contributed by atoms with Gasteiger partial charge in [0.2, 0.25) is 0 Å². The molecule has 1 aromatic carbocycles. The third-order valence-electron chi connectivity index (χ3n) is 2.47. The van der Waals surface area contributed by atoms with Crippen LogP contribution in [0.4, 0.5) is 0 Å². The molecule has 1 aromatic rings. The zero-order valence-corrected chi connectivity index (χ0v) is 11.3. The first-order chi connectivity index (χ1) is 9.54. The molecule has 0 aromatic heterocycles. The molecule has 0 saturated heterocycles. The van der Waals surface area contributed by atoms with Crippen molar-refractivity contribution in [2.24, 2.45) is 10.3 Å². The van der Waals surface area contributed by atoms with Crippen molar-refractivity contribution >= 4 is 23.2 Å². The summed E-state index contributed by atoms with van der Waals surface area (Å²) in [6, 6.07) is 8.57. The largest absolute Gasteiger partial charge is 0.411 e. The fraction of sp³-hybridized carbons (Fsp3) is 0.231. The summed E-state index contributed by atoms with van der Waals surface area (Å²) >= 11 is 0. The summed E-state index contributed by atoms with van der Waals surface area (Å²) < 4.78 is 0. The number of nitrogens with zero attached hydrogens (tertiary/aromatic N) is 2. The minimum Gasteiger partial charge on any atom is -0.411 e. The molecule has 0 aliphatic heterocycles. The van der Waals surface area contributed by atoms with Gasteiger partial charge in [0.25, 0.3) is 11.8 Å². The highest BCUT2D eigenvalue weighted by molar-refractivity contribution is 6.40. The van der Waals surface area contributed by atoms with E-state index in [-0.39, 0.29) is 12.5 Å². The Balaban J connectivity index is 2.43. The molecule has 0 heterocycles. The monoisotopic (exact) mass is 276 g/mol. The van der Waals surface area contributed by atoms with Crippen LogP contribution in [-0.4, -0.2) is 35.0 Å². The topological polar surface area (TPSA) is 103 Å². The van der Waals surface area contributed by atoms with Crippen LogP contribution in [-0.2, 0) is 4.79 Å². The predicted octanol–water partition coefficient (Wildman–Crippen LogP) is 0.759. The Labute approximate surface area is 116 Å². The average molecular weight is 276 g/mol. The van der Waals surface area contributed by atoms with Crippen LogP contribution >= 0.6 is 0 Å². The molecular weight excluding hydrogens is 260 g/mol. The number of benzene rings is 1. The number of amides is 2. The van der Waals surface area contributed by atoms with E-state index in [1.54, 1.807) is 44.2 Å². The van der Waals surface area contributed by atoms with Crippen LogP contribution in [0.15, 0.2) is 40.6 Å². The van der Waals surface area contributed by atoms with E-state index in [2.05, 4.69) is 21.0 Å². The summed E-state index contributed by atoms with van der Waals surface area (Å²) in [6.07, 6.45) is 0. The highest BCUT2D eigenvalue weighted by Gasteiger charge is 2.07. The van der Waals surface area contributed by atoms with Gasteiger partial charge < -0.3 is 10.5 Å². The number of rotatable bonds is 5. The molecule has 0 unspecified atom stereocenters. The molecule has 1 rings (SSSR count). The molecule has 0 aliphatic carbocycles. The molecule has 0 saturated carbocycles. The van der Waals surface area contributed by atoms with E-state index in [0.29, 0.717) is 17.0 Å². The number of carbonyl (C=O) groups excluding carboxylic acids is 2. The molecule has 0 bridgehead atoms. The zero-order valence-electron chi connectivity index (χ0n) is 11.3. The second kappa shape index (κ2) is 7.67. The van der Waals surface area contributed by atoms with Gasteiger partial charge in [-0.1, -0.05) is 23.4 Å². The Bertz CT molecular complexity index is 538. The van der Waals surface area contributed by atoms with Gasteiger partial charge in [0.15, 0.2) is 0 Å². The smallest absolute Gasteiger partial charge is 0.259 e. The second-order valence-corrected chi connectivity index (χ2v) is 3.97. The Morgan fingerprint density at radius 1 is 1.15 bits per heavy atom. The van der Waals surface area contributed by atoms with Gasteiger partial charge in [0.05, 0.1) is 18.0 Å². The van der Waals surface area contributed by atoms with Gasteiger partial charge in [-0.3, -0.25) is 9.59 Å². The lowest BCUT2D eigenvalue weighted by Crippen LogP contribution is -2.35. The first-order valence-corrected chi connectivity index (χ1v) is 5.90. The summed E-state index contributed by atoms with van der Waals surface area (Å²) in [6.45, 7) is 2.93. The van der Waals surface area contributed by atoms with Crippen molar-refractivity contribution in [1.82, 2.24) is 10.7 Å². The van der Waals surface area contributed by atoms with Crippen LogP contribution in [0.25, 0.3) is 0 Å². The average Bonchev–Trinajstić information content (AvgIpc) is 2.50. The lowest BCUT2D eigenvalue weighted by Gasteiger charge is -2.04. The van der Waals surface area contributed by atoms with Gasteiger partial charge in [0.1, 0.15) is 0 Å². The van der Waals surface area contributed by atoms with E-state index in [9.17, 15) is 9.59 Å². The fourth-order valence-electron chi connectivity index (χ4n) is 1.19. The summed E-state index contributed by atoms with van der Waals surface area (Å²) in [5.74, 6) is -0.811. The van der Waals surface area contributed by atoms with Crippen molar-refractivity contribution in [2.45, 2.75) is 13.8 Å². The molecule has 0 radical (unpaired) electrons. The van der Waals surface area contributed by atoms with E-state index >= 15 is 0 Å². The molecule has 0 fully saturated rings. The standard InChI is InChI=1S/C13H16N4O3/c1-9(10(2)17-20)15-16-12(18)8-14-13(19)11-6-4-3-5-7-11/h3-7,20H,8H2,1-2H3,(H,14,19)(H,16,18)/b15-9+,17-10+. The maximum absolute atomic E-state index is 11.7. The third kappa shape index (κ3) is 4.89. The number of hydrazone groups is 1. The van der Waals surface area contributed by atoms with Crippen LogP contribution < -0.4 is 10.7 Å². The lowest BCUT2D eigenvalue weighted by atomic mass is 10.2. The Morgan fingerprint density at radius 3 is 2.40 bits per heavy atom. The number of hydrogen-bond acceptors (Lipinski definition) is 5. The summed E-state index contributed by atoms with van der Waals surface area (Å²) in [7, 11) is 0. The van der Waals surface area contributed by atoms with E-state index < -0.39 is 5.91 Å². The van der Waals surface area contributed by atoms with Crippen molar-refractivity contribution < 1.29 is 14.8 Å². The number of nitrogens with one attached hydrogen (secondary N) is 2. The summed E-state index contributed by atoms with van der Waals surface area (Å²) in [5, 5.41) is 17.6. The van der Waals surface area contributed by atoms with E-state index in [1.165, 1.54) is 0 Å². The molecule has 7 nitrogen and oxygen atoms in total. The molecule has 0 spiro atoms. The molecule has 0 aliphatic rings.